The molecule has 0 bridgehead atoms. The Morgan fingerprint density at radius 3 is 2.34 bits per heavy atom. The number of benzene rings is 2. The van der Waals surface area contributed by atoms with Crippen molar-refractivity contribution in [2.24, 2.45) is 0 Å². The number of hydrogen-bond donors (Lipinski definition) is 2. The van der Waals surface area contributed by atoms with Gasteiger partial charge in [-0.05, 0) is 36.8 Å². The van der Waals surface area contributed by atoms with Crippen molar-refractivity contribution in [2.75, 3.05) is 10.6 Å². The van der Waals surface area contributed by atoms with Crippen molar-refractivity contribution < 1.29 is 4.92 Å². The van der Waals surface area contributed by atoms with Gasteiger partial charge in [-0.2, -0.15) is 0 Å². The molecular formula is C20H15ClN6O2. The van der Waals surface area contributed by atoms with E-state index in [1.807, 2.05) is 31.2 Å². The van der Waals surface area contributed by atoms with E-state index in [2.05, 4.69) is 25.6 Å². The first kappa shape index (κ1) is 18.6. The van der Waals surface area contributed by atoms with Crippen LogP contribution in [0.25, 0.3) is 10.9 Å². The highest BCUT2D eigenvalue weighted by Crippen LogP contribution is 2.35. The fraction of sp³-hybridized carbons (Fsp3) is 0.0500. The van der Waals surface area contributed by atoms with Gasteiger partial charge in [0.25, 0.3) is 0 Å². The van der Waals surface area contributed by atoms with Crippen LogP contribution in [0.1, 0.15) is 5.56 Å². The summed E-state index contributed by atoms with van der Waals surface area (Å²) in [7, 11) is 0. The summed E-state index contributed by atoms with van der Waals surface area (Å²) >= 11 is 6.15. The van der Waals surface area contributed by atoms with E-state index >= 15 is 0 Å². The molecule has 0 unspecified atom stereocenters. The topological polar surface area (TPSA) is 106 Å². The van der Waals surface area contributed by atoms with E-state index in [0.717, 1.165) is 10.9 Å². The smallest absolute Gasteiger partial charge is 0.334 e. The third-order valence-corrected chi connectivity index (χ3v) is 4.82. The minimum atomic E-state index is -0.525. The number of nitrogens with zero attached hydrogens (tertiary/aromatic N) is 4. The Bertz CT molecular complexity index is 1230. The number of anilines is 4. The van der Waals surface area contributed by atoms with Gasteiger partial charge in [0.2, 0.25) is 11.6 Å². The molecule has 144 valence electrons. The normalized spacial score (nSPS) is 10.7. The summed E-state index contributed by atoms with van der Waals surface area (Å²) in [5.74, 6) is 0.122. The van der Waals surface area contributed by atoms with Gasteiger partial charge in [-0.15, -0.1) is 0 Å². The van der Waals surface area contributed by atoms with Crippen molar-refractivity contribution in [3.8, 4) is 0 Å². The summed E-state index contributed by atoms with van der Waals surface area (Å²) in [4.78, 5) is 23.8. The zero-order valence-electron chi connectivity index (χ0n) is 15.3. The summed E-state index contributed by atoms with van der Waals surface area (Å²) < 4.78 is 0. The molecule has 0 aliphatic rings. The van der Waals surface area contributed by atoms with E-state index in [1.54, 1.807) is 30.5 Å². The molecule has 2 aromatic carbocycles. The standard InChI is InChI=1S/C20H15ClN6O2/c1-12-14(21)7-3-8-15(12)25-19-18(27(28)29)20(24-11-23-19)26-16-9-2-5-13-6-4-10-22-17(13)16/h2-11H,1H3,(H2,23,24,25,26). The van der Waals surface area contributed by atoms with Crippen LogP contribution in [0.4, 0.5) is 28.7 Å². The second kappa shape index (κ2) is 7.69. The first-order chi connectivity index (χ1) is 14.0. The summed E-state index contributed by atoms with van der Waals surface area (Å²) in [6.07, 6.45) is 2.92. The molecule has 0 radical (unpaired) electrons. The van der Waals surface area contributed by atoms with Gasteiger partial charge >= 0.3 is 5.69 Å². The average Bonchev–Trinajstić information content (AvgIpc) is 2.72. The van der Waals surface area contributed by atoms with Crippen LogP contribution in [0.2, 0.25) is 5.02 Å². The Hall–Kier alpha value is -3.78. The number of nitrogens with one attached hydrogen (secondary N) is 2. The van der Waals surface area contributed by atoms with Crippen LogP contribution in [-0.4, -0.2) is 19.9 Å². The molecule has 0 fully saturated rings. The first-order valence-electron chi connectivity index (χ1n) is 8.67. The fourth-order valence-electron chi connectivity index (χ4n) is 2.94. The van der Waals surface area contributed by atoms with Gasteiger partial charge in [-0.1, -0.05) is 35.9 Å². The van der Waals surface area contributed by atoms with Crippen molar-refractivity contribution in [3.63, 3.8) is 0 Å². The van der Waals surface area contributed by atoms with Gasteiger partial charge in [-0.3, -0.25) is 15.1 Å². The minimum Gasteiger partial charge on any atom is -0.334 e. The molecule has 29 heavy (non-hydrogen) atoms. The Labute approximate surface area is 170 Å². The highest BCUT2D eigenvalue weighted by molar-refractivity contribution is 6.31. The largest absolute Gasteiger partial charge is 0.353 e. The van der Waals surface area contributed by atoms with Crippen LogP contribution in [0.3, 0.4) is 0 Å². The lowest BCUT2D eigenvalue weighted by atomic mass is 10.2. The Balaban J connectivity index is 1.77. The molecule has 9 heteroatoms. The van der Waals surface area contributed by atoms with Gasteiger partial charge in [0.05, 0.1) is 16.1 Å². The van der Waals surface area contributed by atoms with E-state index < -0.39 is 4.92 Å². The zero-order valence-corrected chi connectivity index (χ0v) is 16.0. The SMILES string of the molecule is Cc1c(Cl)cccc1Nc1ncnc(Nc2cccc3cccnc23)c1[N+](=O)[O-]. The van der Waals surface area contributed by atoms with Crippen LogP contribution >= 0.6 is 11.6 Å². The molecule has 4 rings (SSSR count). The van der Waals surface area contributed by atoms with Crippen LogP contribution in [0.5, 0.6) is 0 Å². The van der Waals surface area contributed by atoms with Crippen LogP contribution in [-0.2, 0) is 0 Å². The number of fused-ring (bicyclic) bond motifs is 1. The monoisotopic (exact) mass is 406 g/mol. The van der Waals surface area contributed by atoms with Crippen molar-refractivity contribution in [3.05, 3.63) is 81.8 Å². The lowest BCUT2D eigenvalue weighted by Crippen LogP contribution is -2.06. The van der Waals surface area contributed by atoms with Crippen LogP contribution < -0.4 is 10.6 Å². The third-order valence-electron chi connectivity index (χ3n) is 4.41. The predicted molar refractivity (Wildman–Crippen MR) is 113 cm³/mol. The molecule has 0 saturated carbocycles. The molecule has 0 aliphatic heterocycles. The molecular weight excluding hydrogens is 392 g/mol. The van der Waals surface area contributed by atoms with Gasteiger partial charge in [0.1, 0.15) is 6.33 Å². The van der Waals surface area contributed by atoms with Crippen molar-refractivity contribution in [1.29, 1.82) is 0 Å². The van der Waals surface area contributed by atoms with Crippen LogP contribution in [0, 0.1) is 17.0 Å². The zero-order chi connectivity index (χ0) is 20.4. The number of rotatable bonds is 5. The maximum absolute atomic E-state index is 11.8. The third kappa shape index (κ3) is 3.65. The molecule has 2 heterocycles. The molecule has 0 spiro atoms. The second-order valence-electron chi connectivity index (χ2n) is 6.22. The van der Waals surface area contributed by atoms with E-state index in [4.69, 9.17) is 11.6 Å². The quantitative estimate of drug-likeness (QED) is 0.338. The van der Waals surface area contributed by atoms with Gasteiger partial charge < -0.3 is 10.6 Å². The Kier molecular flexibility index (Phi) is 4.92. The number of pyridine rings is 1. The first-order valence-corrected chi connectivity index (χ1v) is 9.04. The molecule has 0 amide bonds. The molecule has 4 aromatic rings. The highest BCUT2D eigenvalue weighted by Gasteiger charge is 2.24. The van der Waals surface area contributed by atoms with E-state index in [-0.39, 0.29) is 17.3 Å². The molecule has 0 atom stereocenters. The highest BCUT2D eigenvalue weighted by atomic mass is 35.5. The summed E-state index contributed by atoms with van der Waals surface area (Å²) in [5, 5.41) is 19.3. The second-order valence-corrected chi connectivity index (χ2v) is 6.63. The average molecular weight is 407 g/mol. The lowest BCUT2D eigenvalue weighted by Gasteiger charge is -2.13. The Morgan fingerprint density at radius 2 is 1.59 bits per heavy atom. The number of para-hydroxylation sites is 1. The van der Waals surface area contributed by atoms with Gasteiger partial charge in [0.15, 0.2) is 0 Å². The molecule has 2 aromatic heterocycles. The summed E-state index contributed by atoms with van der Waals surface area (Å²) in [6.45, 7) is 1.82. The molecule has 0 aliphatic carbocycles. The van der Waals surface area contributed by atoms with E-state index in [0.29, 0.717) is 21.9 Å². The minimum absolute atomic E-state index is 0.0605. The summed E-state index contributed by atoms with van der Waals surface area (Å²) in [6, 6.07) is 14.6. The lowest BCUT2D eigenvalue weighted by molar-refractivity contribution is -0.383. The fourth-order valence-corrected chi connectivity index (χ4v) is 3.11. The molecule has 8 nitrogen and oxygen atoms in total. The number of aromatic nitrogens is 3. The van der Waals surface area contributed by atoms with Crippen molar-refractivity contribution in [1.82, 2.24) is 15.0 Å². The van der Waals surface area contributed by atoms with Gasteiger partial charge in [0, 0.05) is 22.3 Å². The van der Waals surface area contributed by atoms with Crippen LogP contribution in [0.15, 0.2) is 61.1 Å². The molecule has 2 N–H and O–H groups in total. The maximum Gasteiger partial charge on any atom is 0.353 e. The number of hydrogen-bond acceptors (Lipinski definition) is 7. The molecule has 0 saturated heterocycles. The maximum atomic E-state index is 11.8. The van der Waals surface area contributed by atoms with Crippen molar-refractivity contribution >= 4 is 51.2 Å². The van der Waals surface area contributed by atoms with Crippen molar-refractivity contribution in [2.45, 2.75) is 6.92 Å². The Morgan fingerprint density at radius 1 is 0.931 bits per heavy atom. The van der Waals surface area contributed by atoms with Gasteiger partial charge in [-0.25, -0.2) is 9.97 Å². The predicted octanol–water partition coefficient (Wildman–Crippen LogP) is 5.38. The summed E-state index contributed by atoms with van der Waals surface area (Å²) in [5.41, 5.74) is 2.39. The number of nitro groups is 1. The van der Waals surface area contributed by atoms with E-state index in [9.17, 15) is 10.1 Å². The number of halogens is 1. The van der Waals surface area contributed by atoms with E-state index in [1.165, 1.54) is 6.33 Å².